The molecule has 2 aromatic rings. The van der Waals surface area contributed by atoms with Gasteiger partial charge in [-0.15, -0.1) is 0 Å². The smallest absolute Gasteiger partial charge is 0.263 e. The topological polar surface area (TPSA) is 73.2 Å². The van der Waals surface area contributed by atoms with Gasteiger partial charge < -0.3 is 4.74 Å². The Kier molecular flexibility index (Phi) is 4.68. The molecule has 0 spiro atoms. The number of ether oxygens (including phenoxy) is 1. The summed E-state index contributed by atoms with van der Waals surface area (Å²) in [5.74, 6) is 0.474. The molecular formula is C16H21N3O3S. The second-order valence-corrected chi connectivity index (χ2v) is 7.32. The highest BCUT2D eigenvalue weighted by molar-refractivity contribution is 7.92. The fourth-order valence-electron chi connectivity index (χ4n) is 2.73. The molecule has 7 heteroatoms. The zero-order valence-electron chi connectivity index (χ0n) is 13.1. The largest absolute Gasteiger partial charge is 0.379 e. The van der Waals surface area contributed by atoms with Gasteiger partial charge in [-0.1, -0.05) is 19.1 Å². The fourth-order valence-corrected chi connectivity index (χ4v) is 3.85. The van der Waals surface area contributed by atoms with E-state index in [0.29, 0.717) is 12.4 Å². The van der Waals surface area contributed by atoms with Crippen molar-refractivity contribution in [3.8, 4) is 0 Å². The third-order valence-corrected chi connectivity index (χ3v) is 5.36. The summed E-state index contributed by atoms with van der Waals surface area (Å²) in [4.78, 5) is 0.268. The minimum Gasteiger partial charge on any atom is -0.379 e. The number of rotatable bonds is 5. The van der Waals surface area contributed by atoms with Gasteiger partial charge in [0.2, 0.25) is 0 Å². The van der Waals surface area contributed by atoms with Crippen molar-refractivity contribution >= 4 is 15.8 Å². The van der Waals surface area contributed by atoms with E-state index in [2.05, 4.69) is 9.82 Å². The first kappa shape index (κ1) is 16.0. The molecule has 0 saturated carbocycles. The molecule has 2 heterocycles. The van der Waals surface area contributed by atoms with Crippen molar-refractivity contribution in [1.29, 1.82) is 0 Å². The van der Waals surface area contributed by atoms with Crippen LogP contribution in [0.15, 0.2) is 41.4 Å². The molecule has 0 amide bonds. The van der Waals surface area contributed by atoms with Crippen molar-refractivity contribution in [1.82, 2.24) is 9.78 Å². The number of nitrogens with zero attached hydrogens (tertiary/aromatic N) is 2. The quantitative estimate of drug-likeness (QED) is 0.911. The van der Waals surface area contributed by atoms with E-state index in [9.17, 15) is 8.42 Å². The van der Waals surface area contributed by atoms with Crippen LogP contribution in [-0.4, -0.2) is 31.4 Å². The van der Waals surface area contributed by atoms with E-state index < -0.39 is 10.0 Å². The van der Waals surface area contributed by atoms with E-state index in [1.54, 1.807) is 35.1 Å². The Bertz CT molecular complexity index is 764. The van der Waals surface area contributed by atoms with Gasteiger partial charge in [-0.2, -0.15) is 5.10 Å². The summed E-state index contributed by atoms with van der Waals surface area (Å²) >= 11 is 0. The van der Waals surface area contributed by atoms with Crippen LogP contribution in [0.25, 0.3) is 0 Å². The summed E-state index contributed by atoms with van der Waals surface area (Å²) in [5.41, 5.74) is 0.988. The maximum Gasteiger partial charge on any atom is 0.263 e. The van der Waals surface area contributed by atoms with Crippen molar-refractivity contribution in [3.05, 3.63) is 42.1 Å². The lowest BCUT2D eigenvalue weighted by Crippen LogP contribution is -2.25. The van der Waals surface area contributed by atoms with Crippen molar-refractivity contribution in [2.24, 2.45) is 0 Å². The van der Waals surface area contributed by atoms with Gasteiger partial charge in [0.05, 0.1) is 23.7 Å². The Morgan fingerprint density at radius 2 is 2.26 bits per heavy atom. The third-order valence-electron chi connectivity index (χ3n) is 4.01. The first-order chi connectivity index (χ1) is 11.1. The maximum absolute atomic E-state index is 12.6. The first-order valence-electron chi connectivity index (χ1n) is 7.83. The normalized spacial score (nSPS) is 18.7. The standard InChI is InChI=1S/C16H21N3O3S/c1-2-13-5-3-7-15(11-13)23(20,21)18-16-8-9-17-19(16)14-6-4-10-22-12-14/h3,5,7-9,11,14,18H,2,4,6,10,12H2,1H3. The Morgan fingerprint density at radius 3 is 3.00 bits per heavy atom. The van der Waals surface area contributed by atoms with Crippen LogP contribution >= 0.6 is 0 Å². The number of aromatic nitrogens is 2. The summed E-state index contributed by atoms with van der Waals surface area (Å²) in [6.07, 6.45) is 4.28. The lowest BCUT2D eigenvalue weighted by atomic mass is 10.1. The van der Waals surface area contributed by atoms with E-state index in [1.165, 1.54) is 0 Å². The molecular weight excluding hydrogens is 314 g/mol. The van der Waals surface area contributed by atoms with Gasteiger partial charge in [-0.25, -0.2) is 13.1 Å². The molecule has 1 N–H and O–H groups in total. The first-order valence-corrected chi connectivity index (χ1v) is 9.31. The van der Waals surface area contributed by atoms with E-state index >= 15 is 0 Å². The van der Waals surface area contributed by atoms with Gasteiger partial charge in [0, 0.05) is 12.7 Å². The summed E-state index contributed by atoms with van der Waals surface area (Å²) in [5, 5.41) is 4.26. The van der Waals surface area contributed by atoms with Gasteiger partial charge in [0.25, 0.3) is 10.0 Å². The summed E-state index contributed by atoms with van der Waals surface area (Å²) in [6, 6.07) is 8.73. The molecule has 1 aromatic carbocycles. The molecule has 3 rings (SSSR count). The molecule has 1 saturated heterocycles. The van der Waals surface area contributed by atoms with Crippen LogP contribution in [0.4, 0.5) is 5.82 Å². The predicted molar refractivity (Wildman–Crippen MR) is 87.9 cm³/mol. The lowest BCUT2D eigenvalue weighted by molar-refractivity contribution is 0.0557. The van der Waals surface area contributed by atoms with Gasteiger partial charge in [-0.3, -0.25) is 4.72 Å². The Morgan fingerprint density at radius 1 is 1.39 bits per heavy atom. The minimum absolute atomic E-state index is 0.0680. The van der Waals surface area contributed by atoms with Crippen molar-refractivity contribution in [2.45, 2.75) is 37.1 Å². The number of hydrogen-bond donors (Lipinski definition) is 1. The van der Waals surface area contributed by atoms with Crippen molar-refractivity contribution < 1.29 is 13.2 Å². The van der Waals surface area contributed by atoms with Crippen molar-refractivity contribution in [2.75, 3.05) is 17.9 Å². The zero-order valence-corrected chi connectivity index (χ0v) is 13.9. The number of sulfonamides is 1. The Balaban J connectivity index is 1.85. The lowest BCUT2D eigenvalue weighted by Gasteiger charge is -2.24. The average Bonchev–Trinajstić information content (AvgIpc) is 3.03. The van der Waals surface area contributed by atoms with E-state index in [4.69, 9.17) is 4.74 Å². The van der Waals surface area contributed by atoms with Crippen LogP contribution in [0.1, 0.15) is 31.4 Å². The number of hydrogen-bond acceptors (Lipinski definition) is 4. The highest BCUT2D eigenvalue weighted by Crippen LogP contribution is 2.24. The van der Waals surface area contributed by atoms with Crippen molar-refractivity contribution in [3.63, 3.8) is 0 Å². The monoisotopic (exact) mass is 335 g/mol. The van der Waals surface area contributed by atoms with Crippen LogP contribution < -0.4 is 4.72 Å². The van der Waals surface area contributed by atoms with E-state index in [-0.39, 0.29) is 10.9 Å². The molecule has 1 aliphatic heterocycles. The molecule has 124 valence electrons. The second kappa shape index (κ2) is 6.72. The van der Waals surface area contributed by atoms with Gasteiger partial charge in [0.15, 0.2) is 0 Å². The summed E-state index contributed by atoms with van der Waals surface area (Å²) in [7, 11) is -3.63. The molecule has 0 bridgehead atoms. The fraction of sp³-hybridized carbons (Fsp3) is 0.438. The average molecular weight is 335 g/mol. The van der Waals surface area contributed by atoms with E-state index in [0.717, 1.165) is 31.4 Å². The molecule has 1 unspecified atom stereocenters. The van der Waals surface area contributed by atoms with Crippen LogP contribution in [0, 0.1) is 0 Å². The number of nitrogens with one attached hydrogen (secondary N) is 1. The van der Waals surface area contributed by atoms with Crippen LogP contribution in [0.3, 0.4) is 0 Å². The van der Waals surface area contributed by atoms with Crippen LogP contribution in [0.5, 0.6) is 0 Å². The van der Waals surface area contributed by atoms with Crippen LogP contribution in [-0.2, 0) is 21.2 Å². The molecule has 1 aromatic heterocycles. The third kappa shape index (κ3) is 3.56. The summed E-state index contributed by atoms with van der Waals surface area (Å²) < 4.78 is 35.1. The summed E-state index contributed by atoms with van der Waals surface area (Å²) in [6.45, 7) is 3.31. The number of benzene rings is 1. The second-order valence-electron chi connectivity index (χ2n) is 5.64. The SMILES string of the molecule is CCc1cccc(S(=O)(=O)Nc2ccnn2C2CCCOC2)c1. The maximum atomic E-state index is 12.6. The molecule has 1 fully saturated rings. The molecule has 1 atom stereocenters. The molecule has 23 heavy (non-hydrogen) atoms. The zero-order chi connectivity index (χ0) is 16.3. The number of anilines is 1. The highest BCUT2D eigenvalue weighted by atomic mass is 32.2. The minimum atomic E-state index is -3.63. The molecule has 0 aliphatic carbocycles. The van der Waals surface area contributed by atoms with Crippen LogP contribution in [0.2, 0.25) is 0 Å². The molecule has 6 nitrogen and oxygen atoms in total. The highest BCUT2D eigenvalue weighted by Gasteiger charge is 2.22. The Hall–Kier alpha value is -1.86. The predicted octanol–water partition coefficient (Wildman–Crippen LogP) is 2.60. The molecule has 1 aliphatic rings. The van der Waals surface area contributed by atoms with Gasteiger partial charge in [-0.05, 0) is 37.0 Å². The van der Waals surface area contributed by atoms with E-state index in [1.807, 2.05) is 13.0 Å². The number of aryl methyl sites for hydroxylation is 1. The Labute approximate surface area is 136 Å². The van der Waals surface area contributed by atoms with Gasteiger partial charge in [0.1, 0.15) is 5.82 Å². The van der Waals surface area contributed by atoms with Gasteiger partial charge >= 0.3 is 0 Å². The molecule has 0 radical (unpaired) electrons.